The zero-order chi connectivity index (χ0) is 11.1. The minimum Gasteiger partial charge on any atom is -0.330 e. The molecule has 0 atom stereocenters. The molecule has 0 fully saturated rings. The van der Waals surface area contributed by atoms with E-state index in [9.17, 15) is 4.79 Å². The molecule has 0 bridgehead atoms. The number of hydrogen-bond acceptors (Lipinski definition) is 3. The first-order valence-corrected chi connectivity index (χ1v) is 5.22. The van der Waals surface area contributed by atoms with Crippen molar-refractivity contribution in [1.29, 1.82) is 0 Å². The number of aromatic nitrogens is 2. The normalized spacial score (nSPS) is 10.3. The second-order valence-electron chi connectivity index (χ2n) is 3.52. The molecule has 3 N–H and O–H groups in total. The molecule has 15 heavy (non-hydrogen) atoms. The number of nitrogens with two attached hydrogens (primary N) is 1. The summed E-state index contributed by atoms with van der Waals surface area (Å²) in [4.78, 5) is 11.4. The SMILES string of the molecule is Cn1ccc(NC(=O)CCCCCN)n1. The van der Waals surface area contributed by atoms with Crippen LogP contribution in [0.5, 0.6) is 0 Å². The van der Waals surface area contributed by atoms with Gasteiger partial charge in [0.25, 0.3) is 0 Å². The summed E-state index contributed by atoms with van der Waals surface area (Å²) in [5, 5.41) is 6.80. The van der Waals surface area contributed by atoms with E-state index in [1.54, 1.807) is 16.9 Å². The fraction of sp³-hybridized carbons (Fsp3) is 0.600. The third-order valence-corrected chi connectivity index (χ3v) is 2.09. The van der Waals surface area contributed by atoms with Crippen LogP contribution < -0.4 is 11.1 Å². The minimum absolute atomic E-state index is 0.0192. The lowest BCUT2D eigenvalue weighted by Crippen LogP contribution is -2.12. The average Bonchev–Trinajstić information content (AvgIpc) is 2.59. The highest BCUT2D eigenvalue weighted by atomic mass is 16.1. The molecule has 1 heterocycles. The second-order valence-corrected chi connectivity index (χ2v) is 3.52. The average molecular weight is 210 g/mol. The highest BCUT2D eigenvalue weighted by Crippen LogP contribution is 2.04. The standard InChI is InChI=1S/C10H18N4O/c1-14-8-6-9(13-14)12-10(15)5-3-2-4-7-11/h6,8H,2-5,7,11H2,1H3,(H,12,13,15). The Balaban J connectivity index is 2.18. The number of rotatable bonds is 6. The van der Waals surface area contributed by atoms with Gasteiger partial charge in [-0.3, -0.25) is 9.48 Å². The van der Waals surface area contributed by atoms with Gasteiger partial charge in [0.1, 0.15) is 0 Å². The van der Waals surface area contributed by atoms with Gasteiger partial charge in [0.2, 0.25) is 5.91 Å². The summed E-state index contributed by atoms with van der Waals surface area (Å²) in [5.74, 6) is 0.632. The first kappa shape index (κ1) is 11.7. The third-order valence-electron chi connectivity index (χ3n) is 2.09. The summed E-state index contributed by atoms with van der Waals surface area (Å²) in [6.07, 6.45) is 5.21. The molecular weight excluding hydrogens is 192 g/mol. The summed E-state index contributed by atoms with van der Waals surface area (Å²) in [5.41, 5.74) is 5.36. The topological polar surface area (TPSA) is 72.9 Å². The lowest BCUT2D eigenvalue weighted by Gasteiger charge is -2.01. The van der Waals surface area contributed by atoms with E-state index in [-0.39, 0.29) is 5.91 Å². The maximum atomic E-state index is 11.4. The smallest absolute Gasteiger partial charge is 0.225 e. The lowest BCUT2D eigenvalue weighted by atomic mass is 10.2. The largest absolute Gasteiger partial charge is 0.330 e. The molecule has 0 unspecified atom stereocenters. The van der Waals surface area contributed by atoms with Crippen molar-refractivity contribution in [1.82, 2.24) is 9.78 Å². The quantitative estimate of drug-likeness (QED) is 0.684. The number of amides is 1. The molecule has 0 aliphatic carbocycles. The summed E-state index contributed by atoms with van der Waals surface area (Å²) < 4.78 is 1.66. The van der Waals surface area contributed by atoms with E-state index in [1.165, 1.54) is 0 Å². The van der Waals surface area contributed by atoms with E-state index in [4.69, 9.17) is 5.73 Å². The zero-order valence-electron chi connectivity index (χ0n) is 9.07. The summed E-state index contributed by atoms with van der Waals surface area (Å²) in [6.45, 7) is 0.696. The van der Waals surface area contributed by atoms with Gasteiger partial charge < -0.3 is 11.1 Å². The van der Waals surface area contributed by atoms with Crippen molar-refractivity contribution in [2.45, 2.75) is 25.7 Å². The van der Waals surface area contributed by atoms with Crippen molar-refractivity contribution in [3.63, 3.8) is 0 Å². The van der Waals surface area contributed by atoms with Crippen molar-refractivity contribution in [3.05, 3.63) is 12.3 Å². The van der Waals surface area contributed by atoms with Gasteiger partial charge >= 0.3 is 0 Å². The van der Waals surface area contributed by atoms with Gasteiger partial charge in [0, 0.05) is 25.7 Å². The Kier molecular flexibility index (Phi) is 4.83. The molecule has 1 amide bonds. The molecule has 0 saturated carbocycles. The summed E-state index contributed by atoms with van der Waals surface area (Å²) in [7, 11) is 1.82. The van der Waals surface area contributed by atoms with Crippen LogP contribution in [0.25, 0.3) is 0 Å². The molecule has 0 aliphatic heterocycles. The molecule has 0 aliphatic rings. The number of anilines is 1. The Morgan fingerprint density at radius 1 is 1.53 bits per heavy atom. The molecule has 1 rings (SSSR count). The van der Waals surface area contributed by atoms with Gasteiger partial charge in [0.15, 0.2) is 5.82 Å². The Morgan fingerprint density at radius 2 is 2.33 bits per heavy atom. The maximum Gasteiger partial charge on any atom is 0.225 e. The third kappa shape index (κ3) is 4.60. The predicted molar refractivity (Wildman–Crippen MR) is 59.4 cm³/mol. The van der Waals surface area contributed by atoms with E-state index in [0.29, 0.717) is 18.8 Å². The molecule has 1 aromatic heterocycles. The van der Waals surface area contributed by atoms with E-state index >= 15 is 0 Å². The predicted octanol–water partition coefficient (Wildman–Crippen LogP) is 0.878. The fourth-order valence-corrected chi connectivity index (χ4v) is 1.29. The molecule has 0 radical (unpaired) electrons. The maximum absolute atomic E-state index is 11.4. The van der Waals surface area contributed by atoms with Gasteiger partial charge in [-0.15, -0.1) is 0 Å². The van der Waals surface area contributed by atoms with Crippen molar-refractivity contribution in [2.75, 3.05) is 11.9 Å². The van der Waals surface area contributed by atoms with Gasteiger partial charge in [-0.25, -0.2) is 0 Å². The summed E-state index contributed by atoms with van der Waals surface area (Å²) in [6, 6.07) is 1.78. The van der Waals surface area contributed by atoms with Crippen LogP contribution in [-0.2, 0) is 11.8 Å². The molecule has 1 aromatic rings. The molecule has 0 spiro atoms. The van der Waals surface area contributed by atoms with Crippen LogP contribution in [0.2, 0.25) is 0 Å². The van der Waals surface area contributed by atoms with E-state index in [1.807, 2.05) is 7.05 Å². The monoisotopic (exact) mass is 210 g/mol. The number of nitrogens with one attached hydrogen (secondary N) is 1. The van der Waals surface area contributed by atoms with Crippen LogP contribution in [0.1, 0.15) is 25.7 Å². The highest BCUT2D eigenvalue weighted by Gasteiger charge is 2.03. The minimum atomic E-state index is 0.0192. The molecule has 0 aromatic carbocycles. The van der Waals surface area contributed by atoms with Gasteiger partial charge in [-0.1, -0.05) is 6.42 Å². The number of carbonyl (C=O) groups is 1. The summed E-state index contributed by atoms with van der Waals surface area (Å²) >= 11 is 0. The van der Waals surface area contributed by atoms with Crippen molar-refractivity contribution in [3.8, 4) is 0 Å². The highest BCUT2D eigenvalue weighted by molar-refractivity contribution is 5.89. The van der Waals surface area contributed by atoms with Crippen LogP contribution in [-0.4, -0.2) is 22.2 Å². The number of carbonyl (C=O) groups excluding carboxylic acids is 1. The molecular formula is C10H18N4O. The van der Waals surface area contributed by atoms with Crippen molar-refractivity contribution < 1.29 is 4.79 Å². The van der Waals surface area contributed by atoms with Crippen LogP contribution in [0.4, 0.5) is 5.82 Å². The van der Waals surface area contributed by atoms with Crippen LogP contribution in [0.3, 0.4) is 0 Å². The van der Waals surface area contributed by atoms with Gasteiger partial charge in [-0.2, -0.15) is 5.10 Å². The Morgan fingerprint density at radius 3 is 2.93 bits per heavy atom. The van der Waals surface area contributed by atoms with E-state index < -0.39 is 0 Å². The van der Waals surface area contributed by atoms with Crippen LogP contribution in [0.15, 0.2) is 12.3 Å². The first-order valence-electron chi connectivity index (χ1n) is 5.22. The number of unbranched alkanes of at least 4 members (excludes halogenated alkanes) is 2. The van der Waals surface area contributed by atoms with Gasteiger partial charge in [0.05, 0.1) is 0 Å². The lowest BCUT2D eigenvalue weighted by molar-refractivity contribution is -0.116. The first-order chi connectivity index (χ1) is 7.22. The van der Waals surface area contributed by atoms with Crippen molar-refractivity contribution in [2.24, 2.45) is 12.8 Å². The van der Waals surface area contributed by atoms with Crippen molar-refractivity contribution >= 4 is 11.7 Å². The molecule has 5 heteroatoms. The second kappa shape index (κ2) is 6.19. The van der Waals surface area contributed by atoms with Crippen LogP contribution >= 0.6 is 0 Å². The molecule has 5 nitrogen and oxygen atoms in total. The Bertz CT molecular complexity index is 308. The number of nitrogens with zero attached hydrogens (tertiary/aromatic N) is 2. The molecule has 0 saturated heterocycles. The number of aryl methyl sites for hydroxylation is 1. The Hall–Kier alpha value is -1.36. The Labute approximate surface area is 89.6 Å². The van der Waals surface area contributed by atoms with Gasteiger partial charge in [-0.05, 0) is 19.4 Å². The number of hydrogen-bond donors (Lipinski definition) is 2. The van der Waals surface area contributed by atoms with Crippen LogP contribution in [0, 0.1) is 0 Å². The fourth-order valence-electron chi connectivity index (χ4n) is 1.29. The van der Waals surface area contributed by atoms with E-state index in [2.05, 4.69) is 10.4 Å². The van der Waals surface area contributed by atoms with E-state index in [0.717, 1.165) is 19.3 Å². The molecule has 84 valence electrons. The zero-order valence-corrected chi connectivity index (χ0v) is 9.07.